The number of amides is 2. The second-order valence-electron chi connectivity index (χ2n) is 8.33. The highest BCUT2D eigenvalue weighted by Crippen LogP contribution is 2.41. The molecule has 0 bridgehead atoms. The van der Waals surface area contributed by atoms with Gasteiger partial charge in [0.25, 0.3) is 0 Å². The molecule has 0 radical (unpaired) electrons. The van der Waals surface area contributed by atoms with Crippen molar-refractivity contribution >= 4 is 6.03 Å². The largest absolute Gasteiger partial charge is 0.475 e. The van der Waals surface area contributed by atoms with Gasteiger partial charge in [0.15, 0.2) is 0 Å². The van der Waals surface area contributed by atoms with E-state index in [2.05, 4.69) is 29.5 Å². The summed E-state index contributed by atoms with van der Waals surface area (Å²) in [7, 11) is 0. The van der Waals surface area contributed by atoms with Crippen LogP contribution in [0.25, 0.3) is 0 Å². The Hall–Kier alpha value is -2.50. The predicted octanol–water partition coefficient (Wildman–Crippen LogP) is 4.28. The topological polar surface area (TPSA) is 76.4 Å². The molecule has 2 aromatic rings. The second-order valence-corrected chi connectivity index (χ2v) is 8.33. The zero-order valence-electron chi connectivity index (χ0n) is 16.8. The van der Waals surface area contributed by atoms with Crippen LogP contribution in [0.1, 0.15) is 62.8 Å². The molecule has 1 aliphatic carbocycles. The zero-order valence-corrected chi connectivity index (χ0v) is 16.8. The average Bonchev–Trinajstić information content (AvgIpc) is 2.92. The Labute approximate surface area is 160 Å². The van der Waals surface area contributed by atoms with Crippen molar-refractivity contribution in [2.75, 3.05) is 0 Å². The normalized spacial score (nSPS) is 18.1. The molecular weight excluding hydrogens is 342 g/mol. The molecule has 6 nitrogen and oxygen atoms in total. The fourth-order valence-corrected chi connectivity index (χ4v) is 3.53. The fourth-order valence-electron chi connectivity index (χ4n) is 3.53. The van der Waals surface area contributed by atoms with E-state index in [1.165, 1.54) is 0 Å². The highest BCUT2D eigenvalue weighted by atomic mass is 16.5. The molecule has 0 aromatic carbocycles. The van der Waals surface area contributed by atoms with Crippen LogP contribution in [-0.4, -0.2) is 17.1 Å². The number of aromatic nitrogens is 1. The maximum absolute atomic E-state index is 12.4. The van der Waals surface area contributed by atoms with Crippen LogP contribution in [0, 0.1) is 12.3 Å². The number of ether oxygens (including phenoxy) is 1. The molecular formula is C21H29N3O3. The Kier molecular flexibility index (Phi) is 5.44. The molecule has 0 fully saturated rings. The lowest BCUT2D eigenvalue weighted by atomic mass is 9.75. The van der Waals surface area contributed by atoms with E-state index in [1.807, 2.05) is 39.0 Å². The number of hydrogen-bond donors (Lipinski definition) is 2. The van der Waals surface area contributed by atoms with Gasteiger partial charge < -0.3 is 19.8 Å². The maximum atomic E-state index is 12.4. The molecule has 146 valence electrons. The molecule has 2 aromatic heterocycles. The van der Waals surface area contributed by atoms with Gasteiger partial charge in [0.05, 0.1) is 12.1 Å². The van der Waals surface area contributed by atoms with Gasteiger partial charge in [-0.15, -0.1) is 0 Å². The number of carbonyl (C=O) groups excluding carboxylic acids is 1. The van der Waals surface area contributed by atoms with Gasteiger partial charge in [-0.1, -0.05) is 19.9 Å². The van der Waals surface area contributed by atoms with Crippen molar-refractivity contribution < 1.29 is 13.9 Å². The zero-order chi connectivity index (χ0) is 19.6. The third-order valence-electron chi connectivity index (χ3n) is 4.65. The lowest BCUT2D eigenvalue weighted by Gasteiger charge is -2.34. The lowest BCUT2D eigenvalue weighted by molar-refractivity contribution is 0.214. The first-order chi connectivity index (χ1) is 12.7. The first-order valence-electron chi connectivity index (χ1n) is 9.47. The van der Waals surface area contributed by atoms with E-state index < -0.39 is 0 Å². The smallest absolute Gasteiger partial charge is 0.315 e. The maximum Gasteiger partial charge on any atom is 0.315 e. The first-order valence-corrected chi connectivity index (χ1v) is 9.47. The molecule has 1 atom stereocenters. The number of hydrogen-bond acceptors (Lipinski definition) is 4. The summed E-state index contributed by atoms with van der Waals surface area (Å²) in [6, 6.07) is 5.53. The molecule has 0 aliphatic heterocycles. The van der Waals surface area contributed by atoms with Gasteiger partial charge in [-0.3, -0.25) is 0 Å². The molecule has 0 spiro atoms. The van der Waals surface area contributed by atoms with Crippen molar-refractivity contribution in [3.63, 3.8) is 0 Å². The first kappa shape index (κ1) is 19.3. The van der Waals surface area contributed by atoms with Crippen LogP contribution in [0.5, 0.6) is 5.88 Å². The second kappa shape index (κ2) is 7.62. The molecule has 2 N–H and O–H groups in total. The third-order valence-corrected chi connectivity index (χ3v) is 4.65. The van der Waals surface area contributed by atoms with Crippen molar-refractivity contribution in [3.05, 3.63) is 47.0 Å². The van der Waals surface area contributed by atoms with Crippen molar-refractivity contribution in [2.24, 2.45) is 5.41 Å². The Morgan fingerprint density at radius 2 is 2.19 bits per heavy atom. The van der Waals surface area contributed by atoms with E-state index >= 15 is 0 Å². The molecule has 6 heteroatoms. The van der Waals surface area contributed by atoms with Gasteiger partial charge in [0.1, 0.15) is 11.5 Å². The van der Waals surface area contributed by atoms with Crippen molar-refractivity contribution in [2.45, 2.75) is 66.2 Å². The van der Waals surface area contributed by atoms with Gasteiger partial charge in [-0.2, -0.15) is 0 Å². The number of furan rings is 1. The van der Waals surface area contributed by atoms with Crippen LogP contribution < -0.4 is 15.4 Å². The SMILES string of the molecule is Cc1cc2c(o1)CC(C)(C)CC2NC(=O)NCc1ccc(OC(C)C)nc1. The molecule has 0 saturated carbocycles. The van der Waals surface area contributed by atoms with Gasteiger partial charge in [0, 0.05) is 30.8 Å². The van der Waals surface area contributed by atoms with E-state index in [0.717, 1.165) is 35.5 Å². The molecule has 2 heterocycles. The predicted molar refractivity (Wildman–Crippen MR) is 104 cm³/mol. The van der Waals surface area contributed by atoms with E-state index in [9.17, 15) is 4.79 Å². The summed E-state index contributed by atoms with van der Waals surface area (Å²) in [6.45, 7) is 10.7. The minimum absolute atomic E-state index is 0.0406. The van der Waals surface area contributed by atoms with Crippen molar-refractivity contribution in [1.82, 2.24) is 15.6 Å². The van der Waals surface area contributed by atoms with Crippen LogP contribution in [-0.2, 0) is 13.0 Å². The van der Waals surface area contributed by atoms with Crippen LogP contribution in [0.2, 0.25) is 0 Å². The summed E-state index contributed by atoms with van der Waals surface area (Å²) in [6.07, 6.45) is 3.59. The highest BCUT2D eigenvalue weighted by Gasteiger charge is 2.35. The number of aryl methyl sites for hydroxylation is 1. The fraction of sp³-hybridized carbons (Fsp3) is 0.524. The number of pyridine rings is 1. The highest BCUT2D eigenvalue weighted by molar-refractivity contribution is 5.74. The molecule has 27 heavy (non-hydrogen) atoms. The Bertz CT molecular complexity index is 794. The Balaban J connectivity index is 1.58. The monoisotopic (exact) mass is 371 g/mol. The van der Waals surface area contributed by atoms with Crippen LogP contribution in [0.15, 0.2) is 28.8 Å². The quantitative estimate of drug-likeness (QED) is 0.822. The summed E-state index contributed by atoms with van der Waals surface area (Å²) in [5.74, 6) is 2.46. The molecule has 3 rings (SSSR count). The Morgan fingerprint density at radius 3 is 2.85 bits per heavy atom. The number of fused-ring (bicyclic) bond motifs is 1. The number of carbonyl (C=O) groups is 1. The van der Waals surface area contributed by atoms with E-state index in [0.29, 0.717) is 12.4 Å². The van der Waals surface area contributed by atoms with E-state index in [4.69, 9.17) is 9.15 Å². The minimum Gasteiger partial charge on any atom is -0.475 e. The molecule has 2 amide bonds. The molecule has 0 saturated heterocycles. The van der Waals surface area contributed by atoms with Crippen molar-refractivity contribution in [1.29, 1.82) is 0 Å². The summed E-state index contributed by atoms with van der Waals surface area (Å²) in [5, 5.41) is 6.01. The number of urea groups is 1. The summed E-state index contributed by atoms with van der Waals surface area (Å²) in [4.78, 5) is 16.7. The van der Waals surface area contributed by atoms with Crippen LogP contribution in [0.3, 0.4) is 0 Å². The van der Waals surface area contributed by atoms with Gasteiger partial charge >= 0.3 is 6.03 Å². The lowest BCUT2D eigenvalue weighted by Crippen LogP contribution is -2.41. The molecule has 1 unspecified atom stereocenters. The van der Waals surface area contributed by atoms with E-state index in [1.54, 1.807) is 6.20 Å². The van der Waals surface area contributed by atoms with E-state index in [-0.39, 0.29) is 23.6 Å². The third kappa shape index (κ3) is 5.02. The average molecular weight is 371 g/mol. The minimum atomic E-state index is -0.190. The summed E-state index contributed by atoms with van der Waals surface area (Å²) >= 11 is 0. The summed E-state index contributed by atoms with van der Waals surface area (Å²) in [5.41, 5.74) is 2.11. The van der Waals surface area contributed by atoms with Gasteiger partial charge in [-0.05, 0) is 44.2 Å². The van der Waals surface area contributed by atoms with Gasteiger partial charge in [-0.25, -0.2) is 9.78 Å². The van der Waals surface area contributed by atoms with Crippen LogP contribution >= 0.6 is 0 Å². The number of rotatable bonds is 5. The number of nitrogens with one attached hydrogen (secondary N) is 2. The van der Waals surface area contributed by atoms with Crippen LogP contribution in [0.4, 0.5) is 4.79 Å². The summed E-state index contributed by atoms with van der Waals surface area (Å²) < 4.78 is 11.4. The molecule has 1 aliphatic rings. The standard InChI is InChI=1S/C21H29N3O3/c1-13(2)26-19-7-6-15(11-22-19)12-23-20(25)24-17-9-21(4,5)10-18-16(17)8-14(3)27-18/h6-8,11,13,17H,9-10,12H2,1-5H3,(H2,23,24,25). The Morgan fingerprint density at radius 1 is 1.41 bits per heavy atom. The van der Waals surface area contributed by atoms with Crippen molar-refractivity contribution in [3.8, 4) is 5.88 Å². The number of nitrogens with zero attached hydrogens (tertiary/aromatic N) is 1. The van der Waals surface area contributed by atoms with Gasteiger partial charge in [0.2, 0.25) is 5.88 Å².